The van der Waals surface area contributed by atoms with E-state index < -0.39 is 8.56 Å². The molecule has 1 fully saturated rings. The molecule has 1 aliphatic rings. The van der Waals surface area contributed by atoms with Gasteiger partial charge in [0.2, 0.25) is 0 Å². The van der Waals surface area contributed by atoms with Gasteiger partial charge in [0.25, 0.3) is 0 Å². The van der Waals surface area contributed by atoms with Gasteiger partial charge in [0, 0.05) is 24.8 Å². The Morgan fingerprint density at radius 2 is 1.68 bits per heavy atom. The standard InChI is InChI=1S/C16H34O2Si/c1-8-14(3)16(4,5)19(17-6,18-7)15-12-10-9-11-13(15)2/h13-15H,8-12H2,1-7H3. The fourth-order valence-electron chi connectivity index (χ4n) is 4.12. The summed E-state index contributed by atoms with van der Waals surface area (Å²) in [5.74, 6) is 1.37. The van der Waals surface area contributed by atoms with Gasteiger partial charge in [-0.05, 0) is 18.3 Å². The molecule has 0 aromatic carbocycles. The molecule has 0 heterocycles. The molecule has 0 bridgehead atoms. The van der Waals surface area contributed by atoms with E-state index in [1.54, 1.807) is 0 Å². The topological polar surface area (TPSA) is 18.5 Å². The molecule has 2 nitrogen and oxygen atoms in total. The van der Waals surface area contributed by atoms with Crippen LogP contribution < -0.4 is 0 Å². The van der Waals surface area contributed by atoms with E-state index in [0.717, 1.165) is 5.92 Å². The highest BCUT2D eigenvalue weighted by molar-refractivity contribution is 6.72. The molecule has 3 heteroatoms. The third kappa shape index (κ3) is 2.93. The quantitative estimate of drug-likeness (QED) is 0.630. The third-order valence-corrected chi connectivity index (χ3v) is 11.3. The van der Waals surface area contributed by atoms with Crippen molar-refractivity contribution in [2.24, 2.45) is 11.8 Å². The summed E-state index contributed by atoms with van der Waals surface area (Å²) in [6, 6.07) is 0. The summed E-state index contributed by atoms with van der Waals surface area (Å²) in [4.78, 5) is 0. The van der Waals surface area contributed by atoms with Gasteiger partial charge >= 0.3 is 8.56 Å². The molecule has 3 atom stereocenters. The summed E-state index contributed by atoms with van der Waals surface area (Å²) < 4.78 is 12.4. The average molecular weight is 287 g/mol. The van der Waals surface area contributed by atoms with Gasteiger partial charge in [0.1, 0.15) is 0 Å². The molecule has 3 unspecified atom stereocenters. The molecular weight excluding hydrogens is 252 g/mol. The second-order valence-corrected chi connectivity index (χ2v) is 11.2. The van der Waals surface area contributed by atoms with Crippen LogP contribution in [-0.2, 0) is 8.85 Å². The fourth-order valence-corrected chi connectivity index (χ4v) is 9.30. The second kappa shape index (κ2) is 6.73. The smallest absolute Gasteiger partial charge is 0.347 e. The molecule has 1 aliphatic carbocycles. The minimum Gasteiger partial charge on any atom is -0.397 e. The van der Waals surface area contributed by atoms with Gasteiger partial charge in [0.05, 0.1) is 0 Å². The van der Waals surface area contributed by atoms with E-state index >= 15 is 0 Å². The SMILES string of the molecule is CCC(C)C(C)(C)[Si](OC)(OC)C1CCCCC1C. The lowest BCUT2D eigenvalue weighted by atomic mass is 9.90. The van der Waals surface area contributed by atoms with Crippen LogP contribution in [0.1, 0.15) is 66.7 Å². The predicted molar refractivity (Wildman–Crippen MR) is 84.7 cm³/mol. The summed E-state index contributed by atoms with van der Waals surface area (Å²) in [5, 5.41) is 0.154. The zero-order valence-electron chi connectivity index (χ0n) is 14.1. The van der Waals surface area contributed by atoms with Gasteiger partial charge in [-0.1, -0.05) is 60.3 Å². The van der Waals surface area contributed by atoms with Crippen molar-refractivity contribution >= 4 is 8.56 Å². The van der Waals surface area contributed by atoms with Crippen LogP contribution in [0.5, 0.6) is 0 Å². The molecule has 0 N–H and O–H groups in total. The highest BCUT2D eigenvalue weighted by atomic mass is 28.4. The second-order valence-electron chi connectivity index (χ2n) is 6.97. The minimum atomic E-state index is -2.22. The van der Waals surface area contributed by atoms with Gasteiger partial charge in [-0.25, -0.2) is 0 Å². The van der Waals surface area contributed by atoms with E-state index in [2.05, 4.69) is 34.6 Å². The summed E-state index contributed by atoms with van der Waals surface area (Å²) >= 11 is 0. The average Bonchev–Trinajstić information content (AvgIpc) is 2.41. The van der Waals surface area contributed by atoms with Crippen LogP contribution in [0, 0.1) is 11.8 Å². The van der Waals surface area contributed by atoms with E-state index in [4.69, 9.17) is 8.85 Å². The Bertz CT molecular complexity index is 274. The van der Waals surface area contributed by atoms with E-state index in [-0.39, 0.29) is 5.04 Å². The van der Waals surface area contributed by atoms with Crippen molar-refractivity contribution in [2.45, 2.75) is 77.3 Å². The molecule has 0 aromatic rings. The normalized spacial score (nSPS) is 27.3. The summed E-state index contributed by atoms with van der Waals surface area (Å²) in [6.45, 7) is 11.8. The highest BCUT2D eigenvalue weighted by Crippen LogP contribution is 2.56. The Hall–Kier alpha value is 0.137. The number of rotatable bonds is 6. The molecule has 0 saturated heterocycles. The Morgan fingerprint density at radius 1 is 1.16 bits per heavy atom. The van der Waals surface area contributed by atoms with E-state index in [1.165, 1.54) is 32.1 Å². The molecule has 19 heavy (non-hydrogen) atoms. The van der Waals surface area contributed by atoms with Gasteiger partial charge < -0.3 is 8.85 Å². The van der Waals surface area contributed by atoms with Gasteiger partial charge in [0.15, 0.2) is 0 Å². The maximum Gasteiger partial charge on any atom is 0.347 e. The minimum absolute atomic E-state index is 0.154. The van der Waals surface area contributed by atoms with Gasteiger partial charge in [-0.15, -0.1) is 0 Å². The van der Waals surface area contributed by atoms with Crippen LogP contribution in [0.15, 0.2) is 0 Å². The molecule has 0 spiro atoms. The first-order valence-corrected chi connectivity index (χ1v) is 9.87. The van der Waals surface area contributed by atoms with E-state index in [9.17, 15) is 0 Å². The van der Waals surface area contributed by atoms with Crippen molar-refractivity contribution in [1.29, 1.82) is 0 Å². The van der Waals surface area contributed by atoms with Crippen molar-refractivity contribution in [3.63, 3.8) is 0 Å². The molecule has 1 saturated carbocycles. The van der Waals surface area contributed by atoms with Crippen LogP contribution in [0.4, 0.5) is 0 Å². The molecule has 0 aromatic heterocycles. The van der Waals surface area contributed by atoms with Crippen molar-refractivity contribution < 1.29 is 8.85 Å². The maximum atomic E-state index is 6.20. The first kappa shape index (κ1) is 17.2. The lowest BCUT2D eigenvalue weighted by molar-refractivity contribution is 0.153. The van der Waals surface area contributed by atoms with E-state index in [1.807, 2.05) is 14.2 Å². The lowest BCUT2D eigenvalue weighted by Gasteiger charge is -2.51. The molecule has 0 amide bonds. The van der Waals surface area contributed by atoms with Crippen molar-refractivity contribution in [3.8, 4) is 0 Å². The summed E-state index contributed by atoms with van der Waals surface area (Å²) in [6.07, 6.45) is 6.53. The van der Waals surface area contributed by atoms with Crippen LogP contribution in [0.2, 0.25) is 10.6 Å². The lowest BCUT2D eigenvalue weighted by Crippen LogP contribution is -2.58. The first-order chi connectivity index (χ1) is 8.87. The number of hydrogen-bond acceptors (Lipinski definition) is 2. The Labute approximate surface area is 121 Å². The summed E-state index contributed by atoms with van der Waals surface area (Å²) in [7, 11) is 1.56. The largest absolute Gasteiger partial charge is 0.397 e. The fraction of sp³-hybridized carbons (Fsp3) is 1.00. The Morgan fingerprint density at radius 3 is 2.11 bits per heavy atom. The monoisotopic (exact) mass is 286 g/mol. The van der Waals surface area contributed by atoms with Gasteiger partial charge in [-0.3, -0.25) is 0 Å². The Balaban J connectivity index is 3.14. The zero-order valence-corrected chi connectivity index (χ0v) is 15.1. The van der Waals surface area contributed by atoms with Crippen molar-refractivity contribution in [3.05, 3.63) is 0 Å². The van der Waals surface area contributed by atoms with Crippen molar-refractivity contribution in [1.82, 2.24) is 0 Å². The summed E-state index contributed by atoms with van der Waals surface area (Å²) in [5.41, 5.74) is 0.639. The van der Waals surface area contributed by atoms with Crippen LogP contribution >= 0.6 is 0 Å². The Kier molecular flexibility index (Phi) is 6.09. The molecular formula is C16H34O2Si. The third-order valence-electron chi connectivity index (χ3n) is 5.95. The molecule has 1 rings (SSSR count). The predicted octanol–water partition coefficient (Wildman–Crippen LogP) is 5.13. The molecule has 0 aliphatic heterocycles. The first-order valence-electron chi connectivity index (χ1n) is 7.97. The van der Waals surface area contributed by atoms with Crippen molar-refractivity contribution in [2.75, 3.05) is 14.2 Å². The van der Waals surface area contributed by atoms with Crippen LogP contribution in [-0.4, -0.2) is 22.8 Å². The van der Waals surface area contributed by atoms with Gasteiger partial charge in [-0.2, -0.15) is 0 Å². The molecule has 114 valence electrons. The number of hydrogen-bond donors (Lipinski definition) is 0. The van der Waals surface area contributed by atoms with E-state index in [0.29, 0.717) is 11.5 Å². The van der Waals surface area contributed by atoms with Crippen LogP contribution in [0.3, 0.4) is 0 Å². The zero-order chi connectivity index (χ0) is 14.7. The maximum absolute atomic E-state index is 6.20. The van der Waals surface area contributed by atoms with Crippen LogP contribution in [0.25, 0.3) is 0 Å². The molecule has 0 radical (unpaired) electrons. The highest BCUT2D eigenvalue weighted by Gasteiger charge is 2.59.